The van der Waals surface area contributed by atoms with Gasteiger partial charge in [-0.2, -0.15) is 0 Å². The predicted molar refractivity (Wildman–Crippen MR) is 75.7 cm³/mol. The van der Waals surface area contributed by atoms with Crippen LogP contribution in [-0.4, -0.2) is 41.5 Å². The van der Waals surface area contributed by atoms with Crippen molar-refractivity contribution in [2.45, 2.75) is 45.3 Å². The first-order valence-electron chi connectivity index (χ1n) is 7.29. The number of rotatable bonds is 2. The van der Waals surface area contributed by atoms with Gasteiger partial charge in [-0.15, -0.1) is 0 Å². The fourth-order valence-electron chi connectivity index (χ4n) is 3.36. The lowest BCUT2D eigenvalue weighted by molar-refractivity contribution is 0.168. The average Bonchev–Trinajstić information content (AvgIpc) is 2.88. The Morgan fingerprint density at radius 3 is 2.61 bits per heavy atom. The van der Waals surface area contributed by atoms with Crippen LogP contribution in [0.5, 0.6) is 0 Å². The van der Waals surface area contributed by atoms with Gasteiger partial charge in [0.1, 0.15) is 0 Å². The number of benzene rings is 1. The monoisotopic (exact) mass is 244 g/mol. The molecule has 0 saturated carbocycles. The molecule has 98 valence electrons. The zero-order valence-corrected chi connectivity index (χ0v) is 11.6. The molecule has 0 aromatic heterocycles. The van der Waals surface area contributed by atoms with E-state index in [2.05, 4.69) is 47.9 Å². The normalized spacial score (nSPS) is 25.6. The summed E-state index contributed by atoms with van der Waals surface area (Å²) in [7, 11) is 0. The Labute approximate surface area is 111 Å². The number of likely N-dealkylation sites (tertiary alicyclic amines) is 1. The van der Waals surface area contributed by atoms with E-state index in [-0.39, 0.29) is 0 Å². The van der Waals surface area contributed by atoms with E-state index in [0.717, 1.165) is 12.6 Å². The summed E-state index contributed by atoms with van der Waals surface area (Å²) in [5, 5.41) is 0. The molecule has 2 heterocycles. The second-order valence-electron chi connectivity index (χ2n) is 6.02. The summed E-state index contributed by atoms with van der Waals surface area (Å²) in [6.07, 6.45) is 2.58. The first kappa shape index (κ1) is 12.2. The van der Waals surface area contributed by atoms with Crippen molar-refractivity contribution >= 4 is 0 Å². The van der Waals surface area contributed by atoms with Crippen LogP contribution in [-0.2, 0) is 13.0 Å². The Balaban J connectivity index is 1.66. The number of hydrogen-bond donors (Lipinski definition) is 0. The second-order valence-corrected chi connectivity index (χ2v) is 6.02. The summed E-state index contributed by atoms with van der Waals surface area (Å²) in [5.41, 5.74) is 3.11. The minimum atomic E-state index is 0.701. The largest absolute Gasteiger partial charge is 0.299 e. The third-order valence-corrected chi connectivity index (χ3v) is 4.60. The molecule has 0 spiro atoms. The molecule has 0 bridgehead atoms. The molecule has 0 aliphatic carbocycles. The molecule has 18 heavy (non-hydrogen) atoms. The standard InChI is InChI=1S/C16H24N2/c1-13(2)17-10-8-16(12-17)18-9-7-14-5-3-4-6-15(14)11-18/h3-6,13,16H,7-12H2,1-2H3. The average molecular weight is 244 g/mol. The Morgan fingerprint density at radius 1 is 1.11 bits per heavy atom. The maximum atomic E-state index is 2.70. The predicted octanol–water partition coefficient (Wildman–Crippen LogP) is 2.53. The third kappa shape index (κ3) is 2.32. The van der Waals surface area contributed by atoms with Gasteiger partial charge < -0.3 is 0 Å². The highest BCUT2D eigenvalue weighted by Gasteiger charge is 2.30. The molecular weight excluding hydrogens is 220 g/mol. The Hall–Kier alpha value is -0.860. The minimum Gasteiger partial charge on any atom is -0.299 e. The molecule has 1 aromatic rings. The lowest BCUT2D eigenvalue weighted by Gasteiger charge is -2.34. The summed E-state index contributed by atoms with van der Waals surface area (Å²) in [5.74, 6) is 0. The van der Waals surface area contributed by atoms with Gasteiger partial charge in [-0.3, -0.25) is 9.80 Å². The van der Waals surface area contributed by atoms with E-state index in [1.165, 1.54) is 32.5 Å². The zero-order valence-electron chi connectivity index (χ0n) is 11.6. The molecule has 0 amide bonds. The Kier molecular flexibility index (Phi) is 3.40. The highest BCUT2D eigenvalue weighted by Crippen LogP contribution is 2.25. The molecule has 0 radical (unpaired) electrons. The van der Waals surface area contributed by atoms with Crippen molar-refractivity contribution in [2.24, 2.45) is 0 Å². The van der Waals surface area contributed by atoms with Crippen molar-refractivity contribution in [1.29, 1.82) is 0 Å². The van der Waals surface area contributed by atoms with Crippen molar-refractivity contribution in [3.05, 3.63) is 35.4 Å². The number of hydrogen-bond acceptors (Lipinski definition) is 2. The van der Waals surface area contributed by atoms with Gasteiger partial charge in [0.15, 0.2) is 0 Å². The first-order valence-corrected chi connectivity index (χ1v) is 7.29. The summed E-state index contributed by atoms with van der Waals surface area (Å²) in [6.45, 7) is 9.57. The van der Waals surface area contributed by atoms with Crippen molar-refractivity contribution < 1.29 is 0 Å². The van der Waals surface area contributed by atoms with E-state index >= 15 is 0 Å². The zero-order chi connectivity index (χ0) is 12.5. The summed E-state index contributed by atoms with van der Waals surface area (Å²) in [6, 6.07) is 10.4. The Morgan fingerprint density at radius 2 is 1.89 bits per heavy atom. The van der Waals surface area contributed by atoms with Gasteiger partial charge in [-0.05, 0) is 37.8 Å². The molecule has 0 N–H and O–H groups in total. The van der Waals surface area contributed by atoms with Crippen LogP contribution >= 0.6 is 0 Å². The van der Waals surface area contributed by atoms with Gasteiger partial charge in [0.25, 0.3) is 0 Å². The summed E-state index contributed by atoms with van der Waals surface area (Å²) >= 11 is 0. The second kappa shape index (κ2) is 5.02. The third-order valence-electron chi connectivity index (χ3n) is 4.60. The van der Waals surface area contributed by atoms with Crippen LogP contribution < -0.4 is 0 Å². The quantitative estimate of drug-likeness (QED) is 0.789. The fraction of sp³-hybridized carbons (Fsp3) is 0.625. The van der Waals surface area contributed by atoms with Crippen LogP contribution in [0.25, 0.3) is 0 Å². The lowest BCUT2D eigenvalue weighted by Crippen LogP contribution is -2.41. The topological polar surface area (TPSA) is 6.48 Å². The van der Waals surface area contributed by atoms with Crippen LogP contribution in [0.4, 0.5) is 0 Å². The molecule has 2 aliphatic rings. The molecular formula is C16H24N2. The minimum absolute atomic E-state index is 0.701. The maximum Gasteiger partial charge on any atom is 0.0240 e. The van der Waals surface area contributed by atoms with Crippen molar-refractivity contribution in [3.8, 4) is 0 Å². The van der Waals surface area contributed by atoms with E-state index in [4.69, 9.17) is 0 Å². The number of nitrogens with zero attached hydrogens (tertiary/aromatic N) is 2. The van der Waals surface area contributed by atoms with Gasteiger partial charge in [0.05, 0.1) is 0 Å². The molecule has 1 aromatic carbocycles. The van der Waals surface area contributed by atoms with Gasteiger partial charge in [0, 0.05) is 38.3 Å². The van der Waals surface area contributed by atoms with Gasteiger partial charge in [-0.1, -0.05) is 24.3 Å². The molecule has 2 aliphatic heterocycles. The molecule has 2 heteroatoms. The highest BCUT2D eigenvalue weighted by molar-refractivity contribution is 5.29. The summed E-state index contributed by atoms with van der Waals surface area (Å²) < 4.78 is 0. The van der Waals surface area contributed by atoms with E-state index in [1.54, 1.807) is 11.1 Å². The maximum absolute atomic E-state index is 2.70. The van der Waals surface area contributed by atoms with Crippen LogP contribution in [0.3, 0.4) is 0 Å². The smallest absolute Gasteiger partial charge is 0.0240 e. The molecule has 1 unspecified atom stereocenters. The van der Waals surface area contributed by atoms with Crippen LogP contribution in [0.1, 0.15) is 31.4 Å². The van der Waals surface area contributed by atoms with Gasteiger partial charge in [0.2, 0.25) is 0 Å². The molecule has 2 nitrogen and oxygen atoms in total. The van der Waals surface area contributed by atoms with Crippen LogP contribution in [0, 0.1) is 0 Å². The van der Waals surface area contributed by atoms with Crippen molar-refractivity contribution in [2.75, 3.05) is 19.6 Å². The molecule has 1 atom stereocenters. The van der Waals surface area contributed by atoms with Crippen LogP contribution in [0.15, 0.2) is 24.3 Å². The van der Waals surface area contributed by atoms with E-state index in [9.17, 15) is 0 Å². The van der Waals surface area contributed by atoms with E-state index in [0.29, 0.717) is 6.04 Å². The van der Waals surface area contributed by atoms with Gasteiger partial charge >= 0.3 is 0 Å². The van der Waals surface area contributed by atoms with Crippen LogP contribution in [0.2, 0.25) is 0 Å². The molecule has 1 saturated heterocycles. The number of fused-ring (bicyclic) bond motifs is 1. The summed E-state index contributed by atoms with van der Waals surface area (Å²) in [4.78, 5) is 5.32. The van der Waals surface area contributed by atoms with E-state index < -0.39 is 0 Å². The molecule has 3 rings (SSSR count). The SMILES string of the molecule is CC(C)N1CCC(N2CCc3ccccc3C2)C1. The fourth-order valence-corrected chi connectivity index (χ4v) is 3.36. The lowest BCUT2D eigenvalue weighted by atomic mass is 9.98. The molecule has 1 fully saturated rings. The van der Waals surface area contributed by atoms with Crippen molar-refractivity contribution in [1.82, 2.24) is 9.80 Å². The van der Waals surface area contributed by atoms with Gasteiger partial charge in [-0.25, -0.2) is 0 Å². The highest BCUT2D eigenvalue weighted by atomic mass is 15.3. The van der Waals surface area contributed by atoms with Crippen molar-refractivity contribution in [3.63, 3.8) is 0 Å². The van der Waals surface area contributed by atoms with E-state index in [1.807, 2.05) is 0 Å². The Bertz CT molecular complexity index is 413. The first-order chi connectivity index (χ1) is 8.74.